The fraction of sp³-hybridized carbons (Fsp3) is 0.462. The van der Waals surface area contributed by atoms with E-state index in [4.69, 9.17) is 5.11 Å². The molecule has 0 atom stereocenters. The summed E-state index contributed by atoms with van der Waals surface area (Å²) in [4.78, 5) is 11.3. The van der Waals surface area contributed by atoms with E-state index in [0.29, 0.717) is 12.8 Å². The molecule has 0 aliphatic heterocycles. The van der Waals surface area contributed by atoms with Crippen LogP contribution in [0.15, 0.2) is 23.1 Å². The minimum absolute atomic E-state index is 0.114. The topological polar surface area (TPSA) is 83.5 Å². The highest BCUT2D eigenvalue weighted by molar-refractivity contribution is 7.89. The average molecular weight is 283 g/mol. The Morgan fingerprint density at radius 1 is 1.26 bits per heavy atom. The molecule has 1 aliphatic rings. The molecule has 104 valence electrons. The Hall–Kier alpha value is -1.40. The standard InChI is InChI=1S/C13H17NO4S/c1-9-4-5-11(8-10(9)2)19(17,18)14-13(12(15)16)6-3-7-13/h4-5,8,14H,3,6-7H2,1-2H3,(H,15,16). The van der Waals surface area contributed by atoms with Crippen molar-refractivity contribution in [3.8, 4) is 0 Å². The Balaban J connectivity index is 2.32. The van der Waals surface area contributed by atoms with Crippen LogP contribution >= 0.6 is 0 Å². The zero-order chi connectivity index (χ0) is 14.3. The third-order valence-electron chi connectivity index (χ3n) is 3.73. The van der Waals surface area contributed by atoms with Gasteiger partial charge in [0.1, 0.15) is 5.54 Å². The van der Waals surface area contributed by atoms with Crippen LogP contribution in [0.3, 0.4) is 0 Å². The lowest BCUT2D eigenvalue weighted by atomic mass is 9.78. The largest absolute Gasteiger partial charge is 0.480 e. The van der Waals surface area contributed by atoms with Crippen molar-refractivity contribution < 1.29 is 18.3 Å². The molecular formula is C13H17NO4S. The first-order valence-electron chi connectivity index (χ1n) is 6.11. The van der Waals surface area contributed by atoms with Gasteiger partial charge in [0.2, 0.25) is 10.0 Å². The second kappa shape index (κ2) is 4.61. The summed E-state index contributed by atoms with van der Waals surface area (Å²) in [5.41, 5.74) is 0.536. The molecule has 0 unspecified atom stereocenters. The van der Waals surface area contributed by atoms with Crippen LogP contribution in [0.5, 0.6) is 0 Å². The van der Waals surface area contributed by atoms with E-state index >= 15 is 0 Å². The number of carbonyl (C=O) groups is 1. The van der Waals surface area contributed by atoms with E-state index < -0.39 is 21.5 Å². The summed E-state index contributed by atoms with van der Waals surface area (Å²) in [5.74, 6) is -1.11. The molecule has 0 amide bonds. The number of rotatable bonds is 4. The molecule has 0 saturated heterocycles. The van der Waals surface area contributed by atoms with Gasteiger partial charge in [0.15, 0.2) is 0 Å². The Bertz CT molecular complexity index is 618. The fourth-order valence-corrected chi connectivity index (χ4v) is 3.59. The van der Waals surface area contributed by atoms with Gasteiger partial charge in [0.25, 0.3) is 0 Å². The van der Waals surface area contributed by atoms with Gasteiger partial charge in [-0.05, 0) is 56.4 Å². The van der Waals surface area contributed by atoms with Crippen molar-refractivity contribution in [1.82, 2.24) is 4.72 Å². The molecule has 0 heterocycles. The quantitative estimate of drug-likeness (QED) is 0.879. The number of benzene rings is 1. The molecule has 19 heavy (non-hydrogen) atoms. The highest BCUT2D eigenvalue weighted by atomic mass is 32.2. The number of nitrogens with one attached hydrogen (secondary N) is 1. The Morgan fingerprint density at radius 3 is 2.32 bits per heavy atom. The lowest BCUT2D eigenvalue weighted by Crippen LogP contribution is -2.58. The van der Waals surface area contributed by atoms with Crippen LogP contribution < -0.4 is 4.72 Å². The minimum atomic E-state index is -3.79. The van der Waals surface area contributed by atoms with Gasteiger partial charge in [0.05, 0.1) is 4.90 Å². The molecule has 5 nitrogen and oxygen atoms in total. The molecule has 0 spiro atoms. The maximum absolute atomic E-state index is 12.2. The van der Waals surface area contributed by atoms with Gasteiger partial charge in [0, 0.05) is 0 Å². The Labute approximate surface area is 112 Å². The predicted octanol–water partition coefficient (Wildman–Crippen LogP) is 1.59. The molecule has 0 aromatic heterocycles. The summed E-state index contributed by atoms with van der Waals surface area (Å²) in [6.45, 7) is 3.72. The Kier molecular flexibility index (Phi) is 3.40. The van der Waals surface area contributed by atoms with Crippen molar-refractivity contribution in [2.45, 2.75) is 43.5 Å². The molecule has 0 bridgehead atoms. The second-order valence-electron chi connectivity index (χ2n) is 5.09. The molecular weight excluding hydrogens is 266 g/mol. The van der Waals surface area contributed by atoms with E-state index in [2.05, 4.69) is 4.72 Å². The number of carboxylic acids is 1. The van der Waals surface area contributed by atoms with Crippen LogP contribution in [0, 0.1) is 13.8 Å². The first kappa shape index (κ1) is 14.0. The maximum Gasteiger partial charge on any atom is 0.324 e. The average Bonchev–Trinajstić information content (AvgIpc) is 2.26. The third-order valence-corrected chi connectivity index (χ3v) is 5.27. The van der Waals surface area contributed by atoms with Crippen LogP contribution in [0.25, 0.3) is 0 Å². The molecule has 1 fully saturated rings. The van der Waals surface area contributed by atoms with Crippen molar-refractivity contribution in [3.63, 3.8) is 0 Å². The van der Waals surface area contributed by atoms with Crippen molar-refractivity contribution in [1.29, 1.82) is 0 Å². The van der Waals surface area contributed by atoms with Crippen LogP contribution in [0.2, 0.25) is 0 Å². The van der Waals surface area contributed by atoms with Gasteiger partial charge in [-0.25, -0.2) is 8.42 Å². The summed E-state index contributed by atoms with van der Waals surface area (Å²) < 4.78 is 26.8. The first-order chi connectivity index (χ1) is 8.77. The molecule has 1 aromatic rings. The Morgan fingerprint density at radius 2 is 1.89 bits per heavy atom. The van der Waals surface area contributed by atoms with E-state index in [1.54, 1.807) is 12.1 Å². The van der Waals surface area contributed by atoms with Crippen LogP contribution in [0.1, 0.15) is 30.4 Å². The SMILES string of the molecule is Cc1ccc(S(=O)(=O)NC2(C(=O)O)CCC2)cc1C. The van der Waals surface area contributed by atoms with Gasteiger partial charge >= 0.3 is 5.97 Å². The van der Waals surface area contributed by atoms with E-state index in [9.17, 15) is 13.2 Å². The summed E-state index contributed by atoms with van der Waals surface area (Å²) in [7, 11) is -3.79. The van der Waals surface area contributed by atoms with Crippen LogP contribution in [-0.4, -0.2) is 25.0 Å². The van der Waals surface area contributed by atoms with Gasteiger partial charge in [-0.3, -0.25) is 4.79 Å². The molecule has 1 saturated carbocycles. The zero-order valence-electron chi connectivity index (χ0n) is 10.9. The van der Waals surface area contributed by atoms with Gasteiger partial charge in [-0.1, -0.05) is 6.07 Å². The maximum atomic E-state index is 12.2. The lowest BCUT2D eigenvalue weighted by Gasteiger charge is -2.37. The fourth-order valence-electron chi connectivity index (χ4n) is 2.09. The molecule has 0 radical (unpaired) electrons. The molecule has 2 rings (SSSR count). The molecule has 6 heteroatoms. The summed E-state index contributed by atoms with van der Waals surface area (Å²) in [6, 6.07) is 4.78. The number of aliphatic carboxylic acids is 1. The van der Waals surface area contributed by atoms with E-state index in [-0.39, 0.29) is 4.90 Å². The summed E-state index contributed by atoms with van der Waals surface area (Å²) >= 11 is 0. The second-order valence-corrected chi connectivity index (χ2v) is 6.77. The predicted molar refractivity (Wildman–Crippen MR) is 70.5 cm³/mol. The van der Waals surface area contributed by atoms with Crippen molar-refractivity contribution in [3.05, 3.63) is 29.3 Å². The van der Waals surface area contributed by atoms with Crippen molar-refractivity contribution in [2.75, 3.05) is 0 Å². The number of hydrogen-bond acceptors (Lipinski definition) is 3. The van der Waals surface area contributed by atoms with Crippen LogP contribution in [-0.2, 0) is 14.8 Å². The number of carboxylic acid groups (broad SMARTS) is 1. The molecule has 1 aliphatic carbocycles. The highest BCUT2D eigenvalue weighted by Gasteiger charge is 2.47. The van der Waals surface area contributed by atoms with E-state index in [1.165, 1.54) is 6.07 Å². The van der Waals surface area contributed by atoms with Crippen LogP contribution in [0.4, 0.5) is 0 Å². The summed E-state index contributed by atoms with van der Waals surface area (Å²) in [5, 5.41) is 9.17. The number of sulfonamides is 1. The summed E-state index contributed by atoms with van der Waals surface area (Å²) in [6.07, 6.45) is 1.40. The minimum Gasteiger partial charge on any atom is -0.480 e. The van der Waals surface area contributed by atoms with Gasteiger partial charge in [-0.2, -0.15) is 4.72 Å². The van der Waals surface area contributed by atoms with Gasteiger partial charge < -0.3 is 5.11 Å². The van der Waals surface area contributed by atoms with E-state index in [0.717, 1.165) is 17.5 Å². The highest BCUT2D eigenvalue weighted by Crippen LogP contribution is 2.33. The lowest BCUT2D eigenvalue weighted by molar-refractivity contribution is -0.147. The van der Waals surface area contributed by atoms with Gasteiger partial charge in [-0.15, -0.1) is 0 Å². The van der Waals surface area contributed by atoms with Crippen molar-refractivity contribution in [2.24, 2.45) is 0 Å². The third kappa shape index (κ3) is 2.50. The van der Waals surface area contributed by atoms with Crippen molar-refractivity contribution >= 4 is 16.0 Å². The smallest absolute Gasteiger partial charge is 0.324 e. The monoisotopic (exact) mass is 283 g/mol. The first-order valence-corrected chi connectivity index (χ1v) is 7.60. The normalized spacial score (nSPS) is 17.8. The molecule has 1 aromatic carbocycles. The molecule has 2 N–H and O–H groups in total. The zero-order valence-corrected chi connectivity index (χ0v) is 11.8. The number of aryl methyl sites for hydroxylation is 2. The van der Waals surface area contributed by atoms with E-state index in [1.807, 2.05) is 13.8 Å². The number of hydrogen-bond donors (Lipinski definition) is 2.